The van der Waals surface area contributed by atoms with E-state index in [2.05, 4.69) is 13.2 Å². The van der Waals surface area contributed by atoms with Crippen molar-refractivity contribution in [3.63, 3.8) is 0 Å². The van der Waals surface area contributed by atoms with E-state index in [4.69, 9.17) is 11.6 Å². The van der Waals surface area contributed by atoms with Crippen molar-refractivity contribution in [2.24, 2.45) is 0 Å². The first kappa shape index (κ1) is 10.0. The first-order valence-electron chi connectivity index (χ1n) is 3.90. The predicted molar refractivity (Wildman–Crippen MR) is 55.7 cm³/mol. The molecule has 0 aliphatic heterocycles. The van der Waals surface area contributed by atoms with E-state index >= 15 is 0 Å². The molecule has 1 nitrogen and oxygen atoms in total. The molecule has 2 heteroatoms. The zero-order valence-electron chi connectivity index (χ0n) is 7.20. The average molecular weight is 195 g/mol. The standard InChI is InChI=1S/C11H11ClO/c1-3-8(2)11(13)9-4-6-10(12)7-5-9/h3-7,11,13H,1-2H2/t11-/m0/s1. The van der Waals surface area contributed by atoms with Crippen molar-refractivity contribution >= 4 is 11.6 Å². The van der Waals surface area contributed by atoms with Gasteiger partial charge >= 0.3 is 0 Å². The molecule has 1 rings (SSSR count). The second-order valence-electron chi connectivity index (χ2n) is 2.73. The van der Waals surface area contributed by atoms with E-state index in [1.807, 2.05) is 0 Å². The number of halogens is 1. The highest BCUT2D eigenvalue weighted by molar-refractivity contribution is 6.30. The monoisotopic (exact) mass is 194 g/mol. The van der Waals surface area contributed by atoms with Gasteiger partial charge in [0, 0.05) is 5.02 Å². The fourth-order valence-electron chi connectivity index (χ4n) is 0.971. The van der Waals surface area contributed by atoms with Crippen LogP contribution in [0.25, 0.3) is 0 Å². The fourth-order valence-corrected chi connectivity index (χ4v) is 1.10. The van der Waals surface area contributed by atoms with Gasteiger partial charge < -0.3 is 5.11 Å². The van der Waals surface area contributed by atoms with Gasteiger partial charge in [-0.2, -0.15) is 0 Å². The van der Waals surface area contributed by atoms with E-state index in [0.717, 1.165) is 5.56 Å². The van der Waals surface area contributed by atoms with Gasteiger partial charge in [-0.25, -0.2) is 0 Å². The van der Waals surface area contributed by atoms with E-state index in [9.17, 15) is 5.11 Å². The molecule has 0 radical (unpaired) electrons. The molecule has 0 saturated carbocycles. The van der Waals surface area contributed by atoms with Crippen LogP contribution in [0.5, 0.6) is 0 Å². The zero-order chi connectivity index (χ0) is 9.84. The van der Waals surface area contributed by atoms with Gasteiger partial charge in [-0.15, -0.1) is 0 Å². The summed E-state index contributed by atoms with van der Waals surface area (Å²) in [4.78, 5) is 0. The molecule has 0 unspecified atom stereocenters. The summed E-state index contributed by atoms with van der Waals surface area (Å²) in [5.74, 6) is 0. The summed E-state index contributed by atoms with van der Waals surface area (Å²) >= 11 is 5.71. The third-order valence-corrected chi connectivity index (χ3v) is 2.05. The lowest BCUT2D eigenvalue weighted by atomic mass is 10.0. The van der Waals surface area contributed by atoms with Crippen molar-refractivity contribution in [2.75, 3.05) is 0 Å². The Morgan fingerprint density at radius 2 is 1.92 bits per heavy atom. The van der Waals surface area contributed by atoms with Crippen molar-refractivity contribution in [1.82, 2.24) is 0 Å². The number of benzene rings is 1. The van der Waals surface area contributed by atoms with Gasteiger partial charge in [0.25, 0.3) is 0 Å². The second kappa shape index (κ2) is 4.26. The SMILES string of the molecule is C=CC(=C)[C@H](O)c1ccc(Cl)cc1. The summed E-state index contributed by atoms with van der Waals surface area (Å²) in [5.41, 5.74) is 1.36. The zero-order valence-corrected chi connectivity index (χ0v) is 7.96. The van der Waals surface area contributed by atoms with Crippen molar-refractivity contribution in [1.29, 1.82) is 0 Å². The minimum atomic E-state index is -0.685. The first-order chi connectivity index (χ1) is 6.15. The highest BCUT2D eigenvalue weighted by Gasteiger charge is 2.07. The van der Waals surface area contributed by atoms with Gasteiger partial charge in [0.1, 0.15) is 6.10 Å². The van der Waals surface area contributed by atoms with E-state index in [1.54, 1.807) is 30.3 Å². The summed E-state index contributed by atoms with van der Waals surface area (Å²) in [6.45, 7) is 7.21. The lowest BCUT2D eigenvalue weighted by molar-refractivity contribution is 0.220. The van der Waals surface area contributed by atoms with Crippen LogP contribution in [0.2, 0.25) is 5.02 Å². The topological polar surface area (TPSA) is 20.2 Å². The molecule has 0 aliphatic carbocycles. The van der Waals surface area contributed by atoms with E-state index < -0.39 is 6.10 Å². The third-order valence-electron chi connectivity index (χ3n) is 1.80. The van der Waals surface area contributed by atoms with Crippen LogP contribution in [-0.4, -0.2) is 5.11 Å². The quantitative estimate of drug-likeness (QED) is 0.734. The minimum absolute atomic E-state index is 0.585. The Morgan fingerprint density at radius 1 is 1.38 bits per heavy atom. The highest BCUT2D eigenvalue weighted by atomic mass is 35.5. The number of hydrogen-bond acceptors (Lipinski definition) is 1. The normalized spacial score (nSPS) is 12.2. The van der Waals surface area contributed by atoms with Crippen molar-refractivity contribution in [2.45, 2.75) is 6.10 Å². The maximum atomic E-state index is 9.67. The molecular formula is C11H11ClO. The molecule has 0 saturated heterocycles. The molecule has 1 atom stereocenters. The van der Waals surface area contributed by atoms with Gasteiger partial charge in [0.2, 0.25) is 0 Å². The van der Waals surface area contributed by atoms with Crippen molar-refractivity contribution < 1.29 is 5.11 Å². The molecule has 0 bridgehead atoms. The Hall–Kier alpha value is -1.05. The third kappa shape index (κ3) is 2.44. The minimum Gasteiger partial charge on any atom is -0.384 e. The summed E-state index contributed by atoms with van der Waals surface area (Å²) in [6.07, 6.45) is 0.856. The van der Waals surface area contributed by atoms with Crippen LogP contribution < -0.4 is 0 Å². The van der Waals surface area contributed by atoms with Crippen molar-refractivity contribution in [3.05, 3.63) is 59.7 Å². The Balaban J connectivity index is 2.89. The van der Waals surface area contributed by atoms with Crippen LogP contribution in [0.1, 0.15) is 11.7 Å². The van der Waals surface area contributed by atoms with Crippen LogP contribution in [0.4, 0.5) is 0 Å². The molecule has 0 fully saturated rings. The summed E-state index contributed by atoms with van der Waals surface area (Å²) in [5, 5.41) is 10.3. The summed E-state index contributed by atoms with van der Waals surface area (Å²) in [7, 11) is 0. The van der Waals surface area contributed by atoms with E-state index in [-0.39, 0.29) is 0 Å². The maximum Gasteiger partial charge on any atom is 0.103 e. The lowest BCUT2D eigenvalue weighted by Gasteiger charge is -2.10. The van der Waals surface area contributed by atoms with Crippen molar-refractivity contribution in [3.8, 4) is 0 Å². The number of rotatable bonds is 3. The fraction of sp³-hybridized carbons (Fsp3) is 0.0909. The largest absolute Gasteiger partial charge is 0.384 e. The first-order valence-corrected chi connectivity index (χ1v) is 4.27. The van der Waals surface area contributed by atoms with Gasteiger partial charge in [-0.1, -0.05) is 43.0 Å². The Kier molecular flexibility index (Phi) is 3.29. The lowest BCUT2D eigenvalue weighted by Crippen LogP contribution is -1.97. The molecule has 0 aromatic heterocycles. The second-order valence-corrected chi connectivity index (χ2v) is 3.17. The molecule has 0 aliphatic rings. The van der Waals surface area contributed by atoms with Gasteiger partial charge in [0.05, 0.1) is 0 Å². The number of aliphatic hydroxyl groups is 1. The molecule has 0 heterocycles. The molecule has 0 amide bonds. The Labute approximate surface area is 83.0 Å². The Bertz CT molecular complexity index is 313. The number of hydrogen-bond donors (Lipinski definition) is 1. The van der Waals surface area contributed by atoms with Crippen LogP contribution in [0.3, 0.4) is 0 Å². The molecule has 68 valence electrons. The van der Waals surface area contributed by atoms with E-state index in [0.29, 0.717) is 10.6 Å². The van der Waals surface area contributed by atoms with Crippen LogP contribution >= 0.6 is 11.6 Å². The smallest absolute Gasteiger partial charge is 0.103 e. The highest BCUT2D eigenvalue weighted by Crippen LogP contribution is 2.22. The molecule has 13 heavy (non-hydrogen) atoms. The molecule has 1 aromatic rings. The molecule has 1 aromatic carbocycles. The Morgan fingerprint density at radius 3 is 2.38 bits per heavy atom. The maximum absolute atomic E-state index is 9.67. The predicted octanol–water partition coefficient (Wildman–Crippen LogP) is 3.12. The van der Waals surface area contributed by atoms with Crippen LogP contribution in [0, 0.1) is 0 Å². The van der Waals surface area contributed by atoms with Crippen LogP contribution in [-0.2, 0) is 0 Å². The van der Waals surface area contributed by atoms with Gasteiger partial charge in [0.15, 0.2) is 0 Å². The van der Waals surface area contributed by atoms with E-state index in [1.165, 1.54) is 0 Å². The average Bonchev–Trinajstić information content (AvgIpc) is 2.17. The van der Waals surface area contributed by atoms with Gasteiger partial charge in [-0.05, 0) is 23.3 Å². The molecular weight excluding hydrogens is 184 g/mol. The summed E-state index contributed by atoms with van der Waals surface area (Å²) in [6, 6.07) is 7.00. The molecule has 1 N–H and O–H groups in total. The summed E-state index contributed by atoms with van der Waals surface area (Å²) < 4.78 is 0. The van der Waals surface area contributed by atoms with Gasteiger partial charge in [-0.3, -0.25) is 0 Å². The molecule has 0 spiro atoms. The number of aliphatic hydroxyl groups excluding tert-OH is 1. The van der Waals surface area contributed by atoms with Crippen LogP contribution in [0.15, 0.2) is 49.1 Å².